The van der Waals surface area contributed by atoms with E-state index in [1.165, 1.54) is 13.8 Å². The molecule has 18 heavy (non-hydrogen) atoms. The SMILES string of the molecule is CC(C)(CC(N)=O)n1c(C(=O)O)cc(O)cc1=O. The minimum Gasteiger partial charge on any atom is -0.508 e. The molecule has 0 unspecified atom stereocenters. The van der Waals surface area contributed by atoms with Gasteiger partial charge in [0.05, 0.1) is 5.54 Å². The van der Waals surface area contributed by atoms with Crippen LogP contribution in [-0.2, 0) is 10.3 Å². The molecule has 98 valence electrons. The molecule has 0 radical (unpaired) electrons. The van der Waals surface area contributed by atoms with E-state index in [0.717, 1.165) is 16.7 Å². The van der Waals surface area contributed by atoms with Gasteiger partial charge in [0.25, 0.3) is 5.56 Å². The van der Waals surface area contributed by atoms with Gasteiger partial charge in [0.15, 0.2) is 0 Å². The topological polar surface area (TPSA) is 123 Å². The van der Waals surface area contributed by atoms with E-state index in [2.05, 4.69) is 0 Å². The average Bonchev–Trinajstić information content (AvgIpc) is 2.12. The van der Waals surface area contributed by atoms with E-state index >= 15 is 0 Å². The van der Waals surface area contributed by atoms with Gasteiger partial charge in [-0.2, -0.15) is 0 Å². The Hall–Kier alpha value is -2.31. The van der Waals surface area contributed by atoms with Crippen LogP contribution < -0.4 is 11.3 Å². The molecule has 0 aliphatic rings. The number of nitrogens with two attached hydrogens (primary N) is 1. The number of aromatic hydroxyl groups is 1. The molecule has 0 spiro atoms. The highest BCUT2D eigenvalue weighted by Crippen LogP contribution is 2.21. The van der Waals surface area contributed by atoms with E-state index in [0.29, 0.717) is 0 Å². The van der Waals surface area contributed by atoms with Gasteiger partial charge in [0.1, 0.15) is 11.4 Å². The average molecular weight is 254 g/mol. The zero-order valence-electron chi connectivity index (χ0n) is 10.0. The number of primary amides is 1. The molecule has 1 rings (SSSR count). The Balaban J connectivity index is 3.53. The van der Waals surface area contributed by atoms with E-state index in [-0.39, 0.29) is 6.42 Å². The van der Waals surface area contributed by atoms with E-state index in [1.54, 1.807) is 0 Å². The van der Waals surface area contributed by atoms with Crippen LogP contribution in [-0.4, -0.2) is 26.7 Å². The highest BCUT2D eigenvalue weighted by molar-refractivity contribution is 5.86. The number of rotatable bonds is 4. The molecular weight excluding hydrogens is 240 g/mol. The van der Waals surface area contributed by atoms with Crippen molar-refractivity contribution in [2.24, 2.45) is 5.73 Å². The molecular formula is C11H14N2O5. The van der Waals surface area contributed by atoms with Crippen LogP contribution in [0.3, 0.4) is 0 Å². The molecule has 1 aromatic heterocycles. The normalized spacial score (nSPS) is 11.2. The Labute approximate surface area is 102 Å². The maximum Gasteiger partial charge on any atom is 0.352 e. The van der Waals surface area contributed by atoms with Crippen LogP contribution in [0.2, 0.25) is 0 Å². The number of carboxylic acids is 1. The fourth-order valence-electron chi connectivity index (χ4n) is 1.84. The van der Waals surface area contributed by atoms with Gasteiger partial charge in [-0.3, -0.25) is 14.2 Å². The number of hydrogen-bond donors (Lipinski definition) is 3. The van der Waals surface area contributed by atoms with Gasteiger partial charge in [0, 0.05) is 18.6 Å². The van der Waals surface area contributed by atoms with Crippen molar-refractivity contribution >= 4 is 11.9 Å². The van der Waals surface area contributed by atoms with E-state index in [4.69, 9.17) is 10.8 Å². The largest absolute Gasteiger partial charge is 0.508 e. The summed E-state index contributed by atoms with van der Waals surface area (Å²) in [5, 5.41) is 18.3. The van der Waals surface area contributed by atoms with Gasteiger partial charge < -0.3 is 15.9 Å². The molecule has 0 saturated carbocycles. The zero-order chi connectivity index (χ0) is 14.1. The molecule has 7 heteroatoms. The quantitative estimate of drug-likeness (QED) is 0.690. The standard InChI is InChI=1S/C11H14N2O5/c1-11(2,5-8(12)15)13-7(10(17)18)3-6(14)4-9(13)16/h3-4,14H,5H2,1-2H3,(H2,12,15)(H,17,18). The predicted octanol–water partition coefficient (Wildman–Crippen LogP) is -0.137. The van der Waals surface area contributed by atoms with Crippen LogP contribution in [0.15, 0.2) is 16.9 Å². The van der Waals surface area contributed by atoms with Crippen molar-refractivity contribution in [1.29, 1.82) is 0 Å². The summed E-state index contributed by atoms with van der Waals surface area (Å²) >= 11 is 0. The summed E-state index contributed by atoms with van der Waals surface area (Å²) in [6, 6.07) is 1.83. The summed E-state index contributed by atoms with van der Waals surface area (Å²) in [6.45, 7) is 3.03. The Bertz CT molecular complexity index is 559. The molecule has 0 aromatic carbocycles. The summed E-state index contributed by atoms with van der Waals surface area (Å²) in [5.74, 6) is -2.47. The molecule has 4 N–H and O–H groups in total. The second-order valence-electron chi connectivity index (χ2n) is 4.53. The number of aromatic nitrogens is 1. The van der Waals surface area contributed by atoms with Gasteiger partial charge in [-0.1, -0.05) is 0 Å². The smallest absolute Gasteiger partial charge is 0.352 e. The minimum absolute atomic E-state index is 0.196. The molecule has 0 atom stereocenters. The van der Waals surface area contributed by atoms with Crippen LogP contribution in [0, 0.1) is 0 Å². The first-order chi connectivity index (χ1) is 8.15. The second kappa shape index (κ2) is 4.52. The molecule has 0 aliphatic heterocycles. The highest BCUT2D eigenvalue weighted by atomic mass is 16.4. The van der Waals surface area contributed by atoms with Crippen LogP contribution in [0.4, 0.5) is 0 Å². The zero-order valence-corrected chi connectivity index (χ0v) is 10.0. The Morgan fingerprint density at radius 1 is 1.39 bits per heavy atom. The van der Waals surface area contributed by atoms with Crippen LogP contribution in [0.5, 0.6) is 5.75 Å². The molecule has 7 nitrogen and oxygen atoms in total. The number of nitrogens with zero attached hydrogens (tertiary/aromatic N) is 1. The maximum atomic E-state index is 11.8. The third kappa shape index (κ3) is 2.68. The van der Waals surface area contributed by atoms with Gasteiger partial charge in [0.2, 0.25) is 5.91 Å². The van der Waals surface area contributed by atoms with Crippen LogP contribution in [0.1, 0.15) is 30.8 Å². The predicted molar refractivity (Wildman–Crippen MR) is 62.5 cm³/mol. The fraction of sp³-hybridized carbons (Fsp3) is 0.364. The lowest BCUT2D eigenvalue weighted by atomic mass is 9.98. The fourth-order valence-corrected chi connectivity index (χ4v) is 1.84. The van der Waals surface area contributed by atoms with Gasteiger partial charge in [-0.25, -0.2) is 4.79 Å². The van der Waals surface area contributed by atoms with Crippen molar-refractivity contribution < 1.29 is 19.8 Å². The first-order valence-corrected chi connectivity index (χ1v) is 5.13. The lowest BCUT2D eigenvalue weighted by Crippen LogP contribution is -2.41. The molecule has 0 bridgehead atoms. The summed E-state index contributed by atoms with van der Waals surface area (Å²) in [4.78, 5) is 33.8. The molecule has 0 aliphatic carbocycles. The summed E-state index contributed by atoms with van der Waals surface area (Å²) < 4.78 is 0.930. The van der Waals surface area contributed by atoms with Crippen molar-refractivity contribution in [3.63, 3.8) is 0 Å². The number of amides is 1. The maximum absolute atomic E-state index is 11.8. The van der Waals surface area contributed by atoms with Crippen LogP contribution >= 0.6 is 0 Å². The number of aromatic carboxylic acids is 1. The minimum atomic E-state index is -1.37. The summed E-state index contributed by atoms with van der Waals surface area (Å²) in [7, 11) is 0. The number of pyridine rings is 1. The van der Waals surface area contributed by atoms with Crippen molar-refractivity contribution in [2.45, 2.75) is 25.8 Å². The number of hydrogen-bond acceptors (Lipinski definition) is 4. The molecule has 1 heterocycles. The number of carbonyl (C=O) groups excluding carboxylic acids is 1. The van der Waals surface area contributed by atoms with Gasteiger partial charge >= 0.3 is 5.97 Å². The lowest BCUT2D eigenvalue weighted by molar-refractivity contribution is -0.119. The van der Waals surface area contributed by atoms with Crippen molar-refractivity contribution in [2.75, 3.05) is 0 Å². The Morgan fingerprint density at radius 3 is 2.39 bits per heavy atom. The molecule has 0 saturated heterocycles. The summed E-state index contributed by atoms with van der Waals surface area (Å²) in [6.07, 6.45) is -0.196. The monoisotopic (exact) mass is 254 g/mol. The molecule has 1 amide bonds. The lowest BCUT2D eigenvalue weighted by Gasteiger charge is -2.28. The van der Waals surface area contributed by atoms with Crippen molar-refractivity contribution in [1.82, 2.24) is 4.57 Å². The second-order valence-corrected chi connectivity index (χ2v) is 4.53. The summed E-state index contributed by atoms with van der Waals surface area (Å²) in [5.41, 5.74) is 2.87. The Morgan fingerprint density at radius 2 is 1.94 bits per heavy atom. The van der Waals surface area contributed by atoms with Crippen molar-refractivity contribution in [3.8, 4) is 5.75 Å². The third-order valence-corrected chi connectivity index (χ3v) is 2.45. The van der Waals surface area contributed by atoms with E-state index in [9.17, 15) is 19.5 Å². The number of carboxylic acid groups (broad SMARTS) is 1. The Kier molecular flexibility index (Phi) is 3.45. The molecule has 1 aromatic rings. The molecule has 0 fully saturated rings. The van der Waals surface area contributed by atoms with Gasteiger partial charge in [-0.15, -0.1) is 0 Å². The van der Waals surface area contributed by atoms with Crippen LogP contribution in [0.25, 0.3) is 0 Å². The van der Waals surface area contributed by atoms with Crippen molar-refractivity contribution in [3.05, 3.63) is 28.2 Å². The first-order valence-electron chi connectivity index (χ1n) is 5.13. The number of carbonyl (C=O) groups is 2. The third-order valence-electron chi connectivity index (χ3n) is 2.45. The highest BCUT2D eigenvalue weighted by Gasteiger charge is 2.28. The first kappa shape index (κ1) is 13.8. The van der Waals surface area contributed by atoms with Gasteiger partial charge in [-0.05, 0) is 13.8 Å². The van der Waals surface area contributed by atoms with E-state index < -0.39 is 34.4 Å². The van der Waals surface area contributed by atoms with E-state index in [1.807, 2.05) is 0 Å².